The predicted molar refractivity (Wildman–Crippen MR) is 61.7 cm³/mol. The monoisotopic (exact) mass is 223 g/mol. The molecule has 0 spiro atoms. The zero-order valence-electron chi connectivity index (χ0n) is 9.58. The molecule has 2 atom stereocenters. The summed E-state index contributed by atoms with van der Waals surface area (Å²) in [5, 5.41) is 3.30. The van der Waals surface area contributed by atoms with Gasteiger partial charge in [-0.25, -0.2) is 4.39 Å². The molecule has 0 saturated carbocycles. The minimum Gasteiger partial charge on any atom is -0.374 e. The standard InChI is InChI=1S/C13H18FNO/c1-10-5-6-13(16-10)9-15-8-11-3-2-4-12(14)7-11/h2-4,7,10,13,15H,5-6,8-9H2,1H3. The van der Waals surface area contributed by atoms with Gasteiger partial charge in [-0.2, -0.15) is 0 Å². The fourth-order valence-corrected chi connectivity index (χ4v) is 2.06. The van der Waals surface area contributed by atoms with E-state index in [0.717, 1.165) is 24.9 Å². The smallest absolute Gasteiger partial charge is 0.123 e. The van der Waals surface area contributed by atoms with Crippen LogP contribution in [0.4, 0.5) is 4.39 Å². The first-order valence-electron chi connectivity index (χ1n) is 5.84. The van der Waals surface area contributed by atoms with E-state index < -0.39 is 0 Å². The van der Waals surface area contributed by atoms with Crippen molar-refractivity contribution in [1.82, 2.24) is 5.32 Å². The van der Waals surface area contributed by atoms with Crippen LogP contribution in [0.3, 0.4) is 0 Å². The van der Waals surface area contributed by atoms with Crippen molar-refractivity contribution >= 4 is 0 Å². The van der Waals surface area contributed by atoms with Crippen molar-refractivity contribution in [3.63, 3.8) is 0 Å². The molecular weight excluding hydrogens is 205 g/mol. The Hall–Kier alpha value is -0.930. The first-order chi connectivity index (χ1) is 7.74. The lowest BCUT2D eigenvalue weighted by molar-refractivity contribution is 0.0559. The van der Waals surface area contributed by atoms with E-state index >= 15 is 0 Å². The topological polar surface area (TPSA) is 21.3 Å². The highest BCUT2D eigenvalue weighted by atomic mass is 19.1. The summed E-state index contributed by atoms with van der Waals surface area (Å²) < 4.78 is 18.6. The Bertz CT molecular complexity index is 342. The molecule has 0 aromatic heterocycles. The maximum atomic E-state index is 12.9. The minimum atomic E-state index is -0.176. The normalized spacial score (nSPS) is 24.9. The van der Waals surface area contributed by atoms with Crippen molar-refractivity contribution in [1.29, 1.82) is 0 Å². The molecule has 1 aromatic carbocycles. The maximum absolute atomic E-state index is 12.9. The lowest BCUT2D eigenvalue weighted by Crippen LogP contribution is -2.26. The molecule has 16 heavy (non-hydrogen) atoms. The third kappa shape index (κ3) is 3.29. The second-order valence-electron chi connectivity index (χ2n) is 4.41. The summed E-state index contributed by atoms with van der Waals surface area (Å²) in [5.74, 6) is -0.176. The summed E-state index contributed by atoms with van der Waals surface area (Å²) in [6.45, 7) is 3.65. The summed E-state index contributed by atoms with van der Waals surface area (Å²) in [6, 6.07) is 6.69. The first kappa shape index (κ1) is 11.6. The molecule has 2 unspecified atom stereocenters. The number of hydrogen-bond donors (Lipinski definition) is 1. The van der Waals surface area contributed by atoms with Gasteiger partial charge in [-0.05, 0) is 37.5 Å². The Morgan fingerprint density at radius 3 is 3.00 bits per heavy atom. The van der Waals surface area contributed by atoms with E-state index in [1.807, 2.05) is 6.07 Å². The van der Waals surface area contributed by atoms with Crippen molar-refractivity contribution in [2.45, 2.75) is 38.5 Å². The lowest BCUT2D eigenvalue weighted by Gasteiger charge is -2.12. The molecule has 2 rings (SSSR count). The summed E-state index contributed by atoms with van der Waals surface area (Å²) in [4.78, 5) is 0. The van der Waals surface area contributed by atoms with Crippen LogP contribution in [-0.2, 0) is 11.3 Å². The molecule has 1 fully saturated rings. The van der Waals surface area contributed by atoms with E-state index in [1.165, 1.54) is 6.07 Å². The van der Waals surface area contributed by atoms with E-state index in [2.05, 4.69) is 12.2 Å². The molecule has 3 heteroatoms. The van der Waals surface area contributed by atoms with Gasteiger partial charge in [-0.15, -0.1) is 0 Å². The van der Waals surface area contributed by atoms with Crippen LogP contribution in [0.5, 0.6) is 0 Å². The van der Waals surface area contributed by atoms with Gasteiger partial charge in [-0.1, -0.05) is 12.1 Å². The fourth-order valence-electron chi connectivity index (χ4n) is 2.06. The van der Waals surface area contributed by atoms with Crippen LogP contribution in [0.15, 0.2) is 24.3 Å². The molecule has 88 valence electrons. The van der Waals surface area contributed by atoms with E-state index in [4.69, 9.17) is 4.74 Å². The summed E-state index contributed by atoms with van der Waals surface area (Å²) in [6.07, 6.45) is 2.98. The first-order valence-corrected chi connectivity index (χ1v) is 5.84. The fraction of sp³-hybridized carbons (Fsp3) is 0.538. The minimum absolute atomic E-state index is 0.176. The Labute approximate surface area is 95.8 Å². The van der Waals surface area contributed by atoms with Gasteiger partial charge in [0.1, 0.15) is 5.82 Å². The molecule has 0 amide bonds. The third-order valence-corrected chi connectivity index (χ3v) is 2.91. The van der Waals surface area contributed by atoms with Gasteiger partial charge >= 0.3 is 0 Å². The van der Waals surface area contributed by atoms with Gasteiger partial charge < -0.3 is 10.1 Å². The van der Waals surface area contributed by atoms with Crippen LogP contribution in [-0.4, -0.2) is 18.8 Å². The maximum Gasteiger partial charge on any atom is 0.123 e. The summed E-state index contributed by atoms with van der Waals surface area (Å²) in [5.41, 5.74) is 0.978. The molecule has 1 aliphatic rings. The molecule has 1 aliphatic heterocycles. The third-order valence-electron chi connectivity index (χ3n) is 2.91. The zero-order valence-corrected chi connectivity index (χ0v) is 9.58. The Balaban J connectivity index is 1.72. The van der Waals surface area contributed by atoms with Crippen LogP contribution in [0.25, 0.3) is 0 Å². The molecule has 1 saturated heterocycles. The average molecular weight is 223 g/mol. The molecular formula is C13H18FNO. The number of halogens is 1. The highest BCUT2D eigenvalue weighted by Crippen LogP contribution is 2.18. The van der Waals surface area contributed by atoms with Gasteiger partial charge in [-0.3, -0.25) is 0 Å². The van der Waals surface area contributed by atoms with Crippen molar-refractivity contribution < 1.29 is 9.13 Å². The zero-order chi connectivity index (χ0) is 11.4. The van der Waals surface area contributed by atoms with E-state index in [0.29, 0.717) is 18.8 Å². The Morgan fingerprint density at radius 2 is 2.31 bits per heavy atom. The molecule has 0 radical (unpaired) electrons. The van der Waals surface area contributed by atoms with Crippen molar-refractivity contribution in [3.8, 4) is 0 Å². The van der Waals surface area contributed by atoms with Crippen LogP contribution >= 0.6 is 0 Å². The average Bonchev–Trinajstić information content (AvgIpc) is 2.64. The van der Waals surface area contributed by atoms with Crippen molar-refractivity contribution in [2.24, 2.45) is 0 Å². The molecule has 2 nitrogen and oxygen atoms in total. The number of rotatable bonds is 4. The second kappa shape index (κ2) is 5.41. The van der Waals surface area contributed by atoms with Crippen LogP contribution in [0.2, 0.25) is 0 Å². The highest BCUT2D eigenvalue weighted by Gasteiger charge is 2.20. The number of benzene rings is 1. The van der Waals surface area contributed by atoms with E-state index in [9.17, 15) is 4.39 Å². The number of nitrogens with one attached hydrogen (secondary N) is 1. The van der Waals surface area contributed by atoms with Crippen LogP contribution in [0, 0.1) is 5.82 Å². The molecule has 1 N–H and O–H groups in total. The van der Waals surface area contributed by atoms with Gasteiger partial charge in [0.15, 0.2) is 0 Å². The summed E-state index contributed by atoms with van der Waals surface area (Å²) >= 11 is 0. The van der Waals surface area contributed by atoms with Crippen molar-refractivity contribution in [3.05, 3.63) is 35.6 Å². The van der Waals surface area contributed by atoms with Crippen molar-refractivity contribution in [2.75, 3.05) is 6.54 Å². The lowest BCUT2D eigenvalue weighted by atomic mass is 10.2. The molecule has 0 aliphatic carbocycles. The van der Waals surface area contributed by atoms with Gasteiger partial charge in [0.05, 0.1) is 12.2 Å². The second-order valence-corrected chi connectivity index (χ2v) is 4.41. The predicted octanol–water partition coefficient (Wildman–Crippen LogP) is 2.48. The van der Waals surface area contributed by atoms with Crippen LogP contribution < -0.4 is 5.32 Å². The van der Waals surface area contributed by atoms with Gasteiger partial charge in [0, 0.05) is 13.1 Å². The molecule has 1 heterocycles. The van der Waals surface area contributed by atoms with E-state index in [-0.39, 0.29) is 5.82 Å². The van der Waals surface area contributed by atoms with E-state index in [1.54, 1.807) is 12.1 Å². The van der Waals surface area contributed by atoms with Gasteiger partial charge in [0.25, 0.3) is 0 Å². The summed E-state index contributed by atoms with van der Waals surface area (Å²) in [7, 11) is 0. The number of hydrogen-bond acceptors (Lipinski definition) is 2. The quantitative estimate of drug-likeness (QED) is 0.846. The number of ether oxygens (including phenoxy) is 1. The largest absolute Gasteiger partial charge is 0.374 e. The molecule has 0 bridgehead atoms. The SMILES string of the molecule is CC1CCC(CNCc2cccc(F)c2)O1. The van der Waals surface area contributed by atoms with Crippen LogP contribution in [0.1, 0.15) is 25.3 Å². The Kier molecular flexibility index (Phi) is 3.91. The molecule has 1 aromatic rings. The Morgan fingerprint density at radius 1 is 1.44 bits per heavy atom. The van der Waals surface area contributed by atoms with Gasteiger partial charge in [0.2, 0.25) is 0 Å². The highest BCUT2D eigenvalue weighted by molar-refractivity contribution is 5.15.